The van der Waals surface area contributed by atoms with Crippen molar-refractivity contribution < 1.29 is 0 Å². The molecule has 2 rings (SSSR count). The van der Waals surface area contributed by atoms with Gasteiger partial charge in [-0.3, -0.25) is 0 Å². The van der Waals surface area contributed by atoms with Crippen molar-refractivity contribution in [2.24, 2.45) is 10.7 Å². The Labute approximate surface area is 125 Å². The second kappa shape index (κ2) is 6.66. The lowest BCUT2D eigenvalue weighted by atomic mass is 10.0. The first-order valence-electron chi connectivity index (χ1n) is 6.81. The molecule has 0 aromatic rings. The van der Waals surface area contributed by atoms with Crippen LogP contribution in [0.4, 0.5) is 0 Å². The third kappa shape index (κ3) is 3.45. The van der Waals surface area contributed by atoms with Crippen molar-refractivity contribution in [3.8, 4) is 0 Å². The van der Waals surface area contributed by atoms with Gasteiger partial charge >= 0.3 is 0 Å². The van der Waals surface area contributed by atoms with E-state index >= 15 is 0 Å². The molecule has 1 atom stereocenters. The molecule has 1 saturated heterocycles. The van der Waals surface area contributed by atoms with E-state index in [1.54, 1.807) is 0 Å². The molecule has 0 aromatic carbocycles. The fourth-order valence-electron chi connectivity index (χ4n) is 2.53. The number of allylic oxidation sites excluding steroid dienone is 3. The molecule has 2 aliphatic rings. The van der Waals surface area contributed by atoms with E-state index < -0.39 is 0 Å². The molecular formula is C15H21ClN4. The molecule has 0 saturated carbocycles. The first-order chi connectivity index (χ1) is 9.61. The van der Waals surface area contributed by atoms with Crippen LogP contribution >= 0.6 is 11.6 Å². The Kier molecular flexibility index (Phi) is 4.90. The Morgan fingerprint density at radius 2 is 2.40 bits per heavy atom. The number of likely N-dealkylation sites (tertiary alicyclic amines) is 1. The van der Waals surface area contributed by atoms with E-state index in [0.29, 0.717) is 12.4 Å². The molecule has 2 heterocycles. The zero-order valence-corrected chi connectivity index (χ0v) is 12.5. The smallest absolute Gasteiger partial charge is 0.147 e. The third-order valence-corrected chi connectivity index (χ3v) is 3.57. The van der Waals surface area contributed by atoms with Gasteiger partial charge in [0.2, 0.25) is 0 Å². The quantitative estimate of drug-likeness (QED) is 0.783. The van der Waals surface area contributed by atoms with Gasteiger partial charge in [-0.15, -0.1) is 0 Å². The topological polar surface area (TPSA) is 53.6 Å². The van der Waals surface area contributed by atoms with E-state index in [1.165, 1.54) is 0 Å². The summed E-state index contributed by atoms with van der Waals surface area (Å²) in [6, 6.07) is 0.280. The molecule has 0 amide bonds. The van der Waals surface area contributed by atoms with Gasteiger partial charge in [0.1, 0.15) is 11.7 Å². The van der Waals surface area contributed by atoms with Gasteiger partial charge in [-0.2, -0.15) is 0 Å². The van der Waals surface area contributed by atoms with E-state index in [0.717, 1.165) is 35.8 Å². The molecule has 0 bridgehead atoms. The van der Waals surface area contributed by atoms with Gasteiger partial charge in [0, 0.05) is 17.8 Å². The van der Waals surface area contributed by atoms with E-state index in [2.05, 4.69) is 21.8 Å². The molecule has 2 aliphatic heterocycles. The molecule has 0 aromatic heterocycles. The van der Waals surface area contributed by atoms with Gasteiger partial charge in [-0.05, 0) is 31.4 Å². The second-order valence-corrected chi connectivity index (χ2v) is 5.56. The van der Waals surface area contributed by atoms with Crippen LogP contribution in [0.3, 0.4) is 0 Å². The molecule has 20 heavy (non-hydrogen) atoms. The summed E-state index contributed by atoms with van der Waals surface area (Å²) in [7, 11) is 0. The van der Waals surface area contributed by atoms with Crippen molar-refractivity contribution in [2.75, 3.05) is 13.1 Å². The van der Waals surface area contributed by atoms with Crippen LogP contribution < -0.4 is 11.1 Å². The molecular weight excluding hydrogens is 272 g/mol. The highest BCUT2D eigenvalue weighted by atomic mass is 35.5. The van der Waals surface area contributed by atoms with E-state index in [-0.39, 0.29) is 6.04 Å². The number of nitrogens with zero attached hydrogens (tertiary/aromatic N) is 2. The Hall–Kier alpha value is -1.68. The maximum absolute atomic E-state index is 5.90. The van der Waals surface area contributed by atoms with Crippen molar-refractivity contribution in [1.29, 1.82) is 0 Å². The SMILES string of the molecule is C=C/C(=C\C=C(/C)Cl)C1CCCN1C1=CNCC(N)=N1. The van der Waals surface area contributed by atoms with E-state index in [4.69, 9.17) is 17.3 Å². The van der Waals surface area contributed by atoms with Crippen LogP contribution in [0.1, 0.15) is 19.8 Å². The van der Waals surface area contributed by atoms with Crippen molar-refractivity contribution in [2.45, 2.75) is 25.8 Å². The number of halogens is 1. The minimum Gasteiger partial charge on any atom is -0.386 e. The lowest BCUT2D eigenvalue weighted by Gasteiger charge is -2.29. The Morgan fingerprint density at radius 1 is 1.60 bits per heavy atom. The van der Waals surface area contributed by atoms with Crippen LogP contribution in [0.2, 0.25) is 0 Å². The predicted octanol–water partition coefficient (Wildman–Crippen LogP) is 2.47. The summed E-state index contributed by atoms with van der Waals surface area (Å²) >= 11 is 5.90. The van der Waals surface area contributed by atoms with Crippen LogP contribution in [0, 0.1) is 0 Å². The largest absolute Gasteiger partial charge is 0.386 e. The molecule has 1 unspecified atom stereocenters. The number of hydrogen-bond donors (Lipinski definition) is 2. The van der Waals surface area contributed by atoms with Crippen LogP contribution in [-0.2, 0) is 0 Å². The molecule has 5 heteroatoms. The zero-order chi connectivity index (χ0) is 14.5. The molecule has 3 N–H and O–H groups in total. The fraction of sp³-hybridized carbons (Fsp3) is 0.400. The monoisotopic (exact) mass is 292 g/mol. The Morgan fingerprint density at radius 3 is 3.05 bits per heavy atom. The maximum Gasteiger partial charge on any atom is 0.147 e. The highest BCUT2D eigenvalue weighted by Gasteiger charge is 2.28. The normalized spacial score (nSPS) is 24.1. The first kappa shape index (κ1) is 14.7. The lowest BCUT2D eigenvalue weighted by molar-refractivity contribution is 0.351. The fourth-order valence-corrected chi connectivity index (χ4v) is 2.59. The lowest BCUT2D eigenvalue weighted by Crippen LogP contribution is -2.36. The summed E-state index contributed by atoms with van der Waals surface area (Å²) in [5, 5.41) is 3.91. The van der Waals surface area contributed by atoms with Crippen LogP contribution in [0.15, 0.2) is 52.4 Å². The van der Waals surface area contributed by atoms with Crippen molar-refractivity contribution in [3.63, 3.8) is 0 Å². The zero-order valence-electron chi connectivity index (χ0n) is 11.8. The van der Waals surface area contributed by atoms with E-state index in [1.807, 2.05) is 31.4 Å². The highest BCUT2D eigenvalue weighted by Crippen LogP contribution is 2.29. The average molecular weight is 293 g/mol. The van der Waals surface area contributed by atoms with Gasteiger partial charge in [0.15, 0.2) is 0 Å². The van der Waals surface area contributed by atoms with Gasteiger partial charge in [0.05, 0.1) is 12.6 Å². The van der Waals surface area contributed by atoms with Crippen molar-refractivity contribution in [1.82, 2.24) is 10.2 Å². The van der Waals surface area contributed by atoms with Crippen LogP contribution in [-0.4, -0.2) is 29.9 Å². The van der Waals surface area contributed by atoms with Crippen LogP contribution in [0.25, 0.3) is 0 Å². The minimum atomic E-state index is 0.280. The summed E-state index contributed by atoms with van der Waals surface area (Å²) in [6.45, 7) is 7.37. The predicted molar refractivity (Wildman–Crippen MR) is 85.3 cm³/mol. The molecule has 1 fully saturated rings. The molecule has 4 nitrogen and oxygen atoms in total. The van der Waals surface area contributed by atoms with Crippen LogP contribution in [0.5, 0.6) is 0 Å². The Balaban J connectivity index is 2.22. The number of nitrogens with two attached hydrogens (primary N) is 1. The number of amidine groups is 1. The third-order valence-electron chi connectivity index (χ3n) is 3.45. The summed E-state index contributed by atoms with van der Waals surface area (Å²) in [6.07, 6.45) is 9.97. The average Bonchev–Trinajstić information content (AvgIpc) is 2.88. The highest BCUT2D eigenvalue weighted by molar-refractivity contribution is 6.29. The number of aliphatic imine (C=N–C) groups is 1. The standard InChI is InChI=1S/C15H21ClN4/c1-3-12(7-6-11(2)16)13-5-4-8-20(13)15-10-18-9-14(17)19-15/h3,6-7,10,13,18H,1,4-5,8-9H2,2H3,(H2,17,19)/b11-6+,12-7+. The molecule has 108 valence electrons. The van der Waals surface area contributed by atoms with Crippen molar-refractivity contribution in [3.05, 3.63) is 47.4 Å². The van der Waals surface area contributed by atoms with Gasteiger partial charge in [0.25, 0.3) is 0 Å². The second-order valence-electron chi connectivity index (χ2n) is 4.96. The summed E-state index contributed by atoms with van der Waals surface area (Å²) in [4.78, 5) is 6.71. The molecule has 0 spiro atoms. The summed E-state index contributed by atoms with van der Waals surface area (Å²) in [5.41, 5.74) is 6.96. The van der Waals surface area contributed by atoms with Gasteiger partial charge in [-0.25, -0.2) is 4.99 Å². The molecule has 0 aliphatic carbocycles. The molecule has 0 radical (unpaired) electrons. The Bertz CT molecular complexity index is 498. The number of nitrogens with one attached hydrogen (secondary N) is 1. The van der Waals surface area contributed by atoms with Crippen molar-refractivity contribution >= 4 is 17.4 Å². The van der Waals surface area contributed by atoms with E-state index in [9.17, 15) is 0 Å². The maximum atomic E-state index is 5.90. The minimum absolute atomic E-state index is 0.280. The van der Waals surface area contributed by atoms with Gasteiger partial charge in [-0.1, -0.05) is 30.3 Å². The number of rotatable bonds is 4. The summed E-state index contributed by atoms with van der Waals surface area (Å²) < 4.78 is 0. The summed E-state index contributed by atoms with van der Waals surface area (Å²) in [5.74, 6) is 1.52. The number of hydrogen-bond acceptors (Lipinski definition) is 4. The van der Waals surface area contributed by atoms with Gasteiger partial charge < -0.3 is 16.0 Å². The first-order valence-corrected chi connectivity index (χ1v) is 7.19.